The molecule has 0 bridgehead atoms. The van der Waals surface area contributed by atoms with Gasteiger partial charge in [0.25, 0.3) is 0 Å². The summed E-state index contributed by atoms with van der Waals surface area (Å²) < 4.78 is 0. The molecule has 0 saturated carbocycles. The van der Waals surface area contributed by atoms with Crippen molar-refractivity contribution in [3.63, 3.8) is 0 Å². The molecule has 11 heavy (non-hydrogen) atoms. The second-order valence-corrected chi connectivity index (χ2v) is 3.25. The zero-order chi connectivity index (χ0) is 8.16. The average molecular weight is 151 g/mol. The van der Waals surface area contributed by atoms with Crippen LogP contribution in [0.3, 0.4) is 0 Å². The predicted octanol–water partition coefficient (Wildman–Crippen LogP) is 2.21. The van der Waals surface area contributed by atoms with Crippen molar-refractivity contribution in [2.24, 2.45) is 4.99 Å². The predicted molar refractivity (Wildman–Crippen MR) is 44.1 cm³/mol. The summed E-state index contributed by atoms with van der Waals surface area (Å²) in [6, 6.07) is 0. The zero-order valence-electron chi connectivity index (χ0n) is 6.84. The monoisotopic (exact) mass is 151 g/mol. The highest BCUT2D eigenvalue weighted by atomic mass is 16.1. The topological polar surface area (TPSA) is 29.4 Å². The van der Waals surface area contributed by atoms with Crippen molar-refractivity contribution in [1.29, 1.82) is 0 Å². The van der Waals surface area contributed by atoms with Crippen molar-refractivity contribution in [3.05, 3.63) is 12.2 Å². The van der Waals surface area contributed by atoms with Gasteiger partial charge in [-0.05, 0) is 32.6 Å². The number of rotatable bonds is 1. The number of nitrogens with zero attached hydrogens (tertiary/aromatic N) is 1. The van der Waals surface area contributed by atoms with E-state index in [0.717, 1.165) is 25.7 Å². The van der Waals surface area contributed by atoms with Crippen LogP contribution in [0.5, 0.6) is 0 Å². The SMILES string of the molecule is CC1(N=C=O)CCC=CCC1. The Labute approximate surface area is 67.0 Å². The lowest BCUT2D eigenvalue weighted by molar-refractivity contribution is 0.414. The standard InChI is InChI=1S/C9H13NO/c1-9(10-8-11)6-4-2-3-5-7-9/h2-3H,4-7H2,1H3. The number of aliphatic imine (C=N–C) groups is 1. The molecule has 0 aromatic heterocycles. The minimum absolute atomic E-state index is 0.148. The van der Waals surface area contributed by atoms with Crippen LogP contribution in [0.2, 0.25) is 0 Å². The molecule has 0 aromatic rings. The van der Waals surface area contributed by atoms with Gasteiger partial charge in [-0.25, -0.2) is 4.79 Å². The van der Waals surface area contributed by atoms with Gasteiger partial charge in [0.1, 0.15) is 0 Å². The van der Waals surface area contributed by atoms with Crippen LogP contribution < -0.4 is 0 Å². The van der Waals surface area contributed by atoms with Gasteiger partial charge in [-0.3, -0.25) is 0 Å². The molecule has 0 amide bonds. The molecule has 60 valence electrons. The molecular weight excluding hydrogens is 138 g/mol. The van der Waals surface area contributed by atoms with Crippen LogP contribution in [0.1, 0.15) is 32.6 Å². The molecule has 0 atom stereocenters. The Bertz CT molecular complexity index is 192. The van der Waals surface area contributed by atoms with E-state index in [1.165, 1.54) is 0 Å². The van der Waals surface area contributed by atoms with E-state index in [4.69, 9.17) is 0 Å². The molecule has 0 aliphatic heterocycles. The number of hydrogen-bond donors (Lipinski definition) is 0. The van der Waals surface area contributed by atoms with Crippen molar-refractivity contribution in [2.75, 3.05) is 0 Å². The normalized spacial score (nSPS) is 21.9. The fourth-order valence-corrected chi connectivity index (χ4v) is 1.37. The average Bonchev–Trinajstić information content (AvgIpc) is 2.15. The first-order valence-electron chi connectivity index (χ1n) is 4.01. The van der Waals surface area contributed by atoms with Gasteiger partial charge in [0.2, 0.25) is 6.08 Å². The molecule has 0 heterocycles. The molecular formula is C9H13NO. The molecule has 0 unspecified atom stereocenters. The lowest BCUT2D eigenvalue weighted by Crippen LogP contribution is -2.20. The maximum absolute atomic E-state index is 10.1. The summed E-state index contributed by atoms with van der Waals surface area (Å²) in [6.07, 6.45) is 9.97. The van der Waals surface area contributed by atoms with E-state index in [9.17, 15) is 4.79 Å². The highest BCUT2D eigenvalue weighted by molar-refractivity contribution is 5.34. The van der Waals surface area contributed by atoms with Gasteiger partial charge in [-0.15, -0.1) is 0 Å². The molecule has 2 heteroatoms. The first kappa shape index (κ1) is 8.22. The second-order valence-electron chi connectivity index (χ2n) is 3.25. The van der Waals surface area contributed by atoms with E-state index in [1.807, 2.05) is 6.92 Å². The van der Waals surface area contributed by atoms with Crippen LogP contribution in [0.25, 0.3) is 0 Å². The Morgan fingerprint density at radius 1 is 1.36 bits per heavy atom. The van der Waals surface area contributed by atoms with Crippen LogP contribution in [0.15, 0.2) is 17.1 Å². The molecule has 0 aromatic carbocycles. The molecule has 0 radical (unpaired) electrons. The first-order valence-corrected chi connectivity index (χ1v) is 4.01. The summed E-state index contributed by atoms with van der Waals surface area (Å²) in [4.78, 5) is 13.9. The maximum atomic E-state index is 10.1. The smallest absolute Gasteiger partial charge is 0.211 e. The Kier molecular flexibility index (Phi) is 2.61. The van der Waals surface area contributed by atoms with Crippen LogP contribution >= 0.6 is 0 Å². The van der Waals surface area contributed by atoms with E-state index >= 15 is 0 Å². The van der Waals surface area contributed by atoms with Gasteiger partial charge in [-0.2, -0.15) is 4.99 Å². The number of carbonyl (C=O) groups excluding carboxylic acids is 1. The van der Waals surface area contributed by atoms with Gasteiger partial charge < -0.3 is 0 Å². The van der Waals surface area contributed by atoms with Crippen molar-refractivity contribution < 1.29 is 4.79 Å². The Hall–Kier alpha value is -0.880. The summed E-state index contributed by atoms with van der Waals surface area (Å²) in [5, 5.41) is 0. The maximum Gasteiger partial charge on any atom is 0.235 e. The van der Waals surface area contributed by atoms with Crippen molar-refractivity contribution in [3.8, 4) is 0 Å². The molecule has 1 aliphatic carbocycles. The Morgan fingerprint density at radius 3 is 2.36 bits per heavy atom. The van der Waals surface area contributed by atoms with E-state index in [-0.39, 0.29) is 5.54 Å². The van der Waals surface area contributed by atoms with Crippen molar-refractivity contribution >= 4 is 6.08 Å². The van der Waals surface area contributed by atoms with Gasteiger partial charge >= 0.3 is 0 Å². The van der Waals surface area contributed by atoms with E-state index in [2.05, 4.69) is 17.1 Å². The van der Waals surface area contributed by atoms with Gasteiger partial charge in [0.15, 0.2) is 0 Å². The molecule has 2 nitrogen and oxygen atoms in total. The molecule has 1 aliphatic rings. The number of hydrogen-bond acceptors (Lipinski definition) is 2. The van der Waals surface area contributed by atoms with E-state index in [1.54, 1.807) is 6.08 Å². The van der Waals surface area contributed by atoms with Crippen molar-refractivity contribution in [1.82, 2.24) is 0 Å². The highest BCUT2D eigenvalue weighted by Gasteiger charge is 2.22. The Balaban J connectivity index is 2.63. The largest absolute Gasteiger partial charge is 0.235 e. The van der Waals surface area contributed by atoms with Gasteiger partial charge in [0.05, 0.1) is 5.54 Å². The summed E-state index contributed by atoms with van der Waals surface area (Å²) in [7, 11) is 0. The molecule has 0 N–H and O–H groups in total. The first-order chi connectivity index (χ1) is 5.27. The van der Waals surface area contributed by atoms with E-state index in [0.29, 0.717) is 0 Å². The molecule has 1 rings (SSSR count). The third-order valence-electron chi connectivity index (χ3n) is 2.18. The van der Waals surface area contributed by atoms with Gasteiger partial charge in [-0.1, -0.05) is 12.2 Å². The second kappa shape index (κ2) is 3.49. The summed E-state index contributed by atoms with van der Waals surface area (Å²) >= 11 is 0. The van der Waals surface area contributed by atoms with Crippen LogP contribution in [-0.4, -0.2) is 11.6 Å². The third kappa shape index (κ3) is 2.32. The lowest BCUT2D eigenvalue weighted by atomic mass is 9.93. The zero-order valence-corrected chi connectivity index (χ0v) is 6.84. The highest BCUT2D eigenvalue weighted by Crippen LogP contribution is 2.26. The van der Waals surface area contributed by atoms with Crippen LogP contribution in [-0.2, 0) is 4.79 Å². The number of allylic oxidation sites excluding steroid dienone is 2. The quantitative estimate of drug-likeness (QED) is 0.321. The summed E-state index contributed by atoms with van der Waals surface area (Å²) in [5.41, 5.74) is -0.148. The Morgan fingerprint density at radius 2 is 1.91 bits per heavy atom. The molecule has 0 fully saturated rings. The minimum atomic E-state index is -0.148. The molecule has 0 spiro atoms. The number of isocyanates is 1. The molecule has 0 saturated heterocycles. The summed E-state index contributed by atoms with van der Waals surface area (Å²) in [5.74, 6) is 0. The van der Waals surface area contributed by atoms with Crippen LogP contribution in [0.4, 0.5) is 0 Å². The third-order valence-corrected chi connectivity index (χ3v) is 2.18. The van der Waals surface area contributed by atoms with E-state index < -0.39 is 0 Å². The lowest BCUT2D eigenvalue weighted by Gasteiger charge is -2.19. The van der Waals surface area contributed by atoms with Crippen molar-refractivity contribution in [2.45, 2.75) is 38.1 Å². The minimum Gasteiger partial charge on any atom is -0.211 e. The summed E-state index contributed by atoms with van der Waals surface area (Å²) in [6.45, 7) is 2.02. The van der Waals surface area contributed by atoms with Crippen LogP contribution in [0, 0.1) is 0 Å². The van der Waals surface area contributed by atoms with Gasteiger partial charge in [0, 0.05) is 0 Å². The fourth-order valence-electron chi connectivity index (χ4n) is 1.37. The fraction of sp³-hybridized carbons (Fsp3) is 0.667.